The van der Waals surface area contributed by atoms with E-state index in [-0.39, 0.29) is 11.9 Å². The van der Waals surface area contributed by atoms with Gasteiger partial charge in [-0.15, -0.1) is 0 Å². The molecule has 0 aliphatic heterocycles. The summed E-state index contributed by atoms with van der Waals surface area (Å²) >= 11 is 0. The Labute approximate surface area is 115 Å². The molecule has 2 rings (SSSR count). The molecule has 104 valence electrons. The van der Waals surface area contributed by atoms with Crippen molar-refractivity contribution < 1.29 is 9.63 Å². The van der Waals surface area contributed by atoms with E-state index in [9.17, 15) is 4.79 Å². The third-order valence-corrected chi connectivity index (χ3v) is 4.12. The SMILES string of the molecule is CON(C(=O)c1ccccc1)[C@@H](C)C1CCCCC1. The highest BCUT2D eigenvalue weighted by Crippen LogP contribution is 2.29. The molecule has 19 heavy (non-hydrogen) atoms. The predicted molar refractivity (Wildman–Crippen MR) is 75.7 cm³/mol. The van der Waals surface area contributed by atoms with Crippen LogP contribution in [0.15, 0.2) is 30.3 Å². The van der Waals surface area contributed by atoms with Gasteiger partial charge in [0.25, 0.3) is 5.91 Å². The molecule has 1 aliphatic carbocycles. The van der Waals surface area contributed by atoms with Gasteiger partial charge in [-0.2, -0.15) is 0 Å². The topological polar surface area (TPSA) is 29.5 Å². The van der Waals surface area contributed by atoms with E-state index in [0.29, 0.717) is 11.5 Å². The number of hydroxylamine groups is 2. The summed E-state index contributed by atoms with van der Waals surface area (Å²) in [4.78, 5) is 17.8. The number of hydrogen-bond donors (Lipinski definition) is 0. The lowest BCUT2D eigenvalue weighted by Gasteiger charge is -2.34. The summed E-state index contributed by atoms with van der Waals surface area (Å²) in [5.41, 5.74) is 0.687. The van der Waals surface area contributed by atoms with Gasteiger partial charge < -0.3 is 0 Å². The summed E-state index contributed by atoms with van der Waals surface area (Å²) in [6, 6.07) is 9.49. The molecule has 0 unspecified atom stereocenters. The maximum Gasteiger partial charge on any atom is 0.277 e. The van der Waals surface area contributed by atoms with Crippen LogP contribution in [-0.4, -0.2) is 24.1 Å². The van der Waals surface area contributed by atoms with Crippen LogP contribution in [0.3, 0.4) is 0 Å². The second-order valence-electron chi connectivity index (χ2n) is 5.32. The van der Waals surface area contributed by atoms with E-state index >= 15 is 0 Å². The third-order valence-electron chi connectivity index (χ3n) is 4.12. The molecule has 3 heteroatoms. The molecule has 1 atom stereocenters. The van der Waals surface area contributed by atoms with Gasteiger partial charge in [-0.3, -0.25) is 9.63 Å². The van der Waals surface area contributed by atoms with E-state index in [2.05, 4.69) is 6.92 Å². The Bertz CT molecular complexity index is 398. The van der Waals surface area contributed by atoms with Crippen molar-refractivity contribution in [3.63, 3.8) is 0 Å². The molecule has 1 aromatic carbocycles. The number of carbonyl (C=O) groups excluding carboxylic acids is 1. The first-order chi connectivity index (χ1) is 9.24. The Morgan fingerprint density at radius 3 is 2.42 bits per heavy atom. The highest BCUT2D eigenvalue weighted by molar-refractivity contribution is 5.93. The molecular formula is C16H23NO2. The largest absolute Gasteiger partial charge is 0.277 e. The molecule has 0 spiro atoms. The number of benzene rings is 1. The summed E-state index contributed by atoms with van der Waals surface area (Å²) in [5, 5.41) is 1.55. The van der Waals surface area contributed by atoms with Crippen molar-refractivity contribution in [3.8, 4) is 0 Å². The van der Waals surface area contributed by atoms with Crippen molar-refractivity contribution in [2.75, 3.05) is 7.11 Å². The maximum atomic E-state index is 12.5. The summed E-state index contributed by atoms with van der Waals surface area (Å²) in [6.07, 6.45) is 6.26. The van der Waals surface area contributed by atoms with Gasteiger partial charge in [-0.1, -0.05) is 37.5 Å². The molecule has 0 aromatic heterocycles. The van der Waals surface area contributed by atoms with Crippen LogP contribution >= 0.6 is 0 Å². The average molecular weight is 261 g/mol. The van der Waals surface area contributed by atoms with Crippen LogP contribution in [0, 0.1) is 5.92 Å². The molecule has 0 radical (unpaired) electrons. The van der Waals surface area contributed by atoms with Gasteiger partial charge in [0, 0.05) is 5.56 Å². The van der Waals surface area contributed by atoms with Crippen molar-refractivity contribution in [1.29, 1.82) is 0 Å². The first-order valence-electron chi connectivity index (χ1n) is 7.16. The number of carbonyl (C=O) groups is 1. The zero-order chi connectivity index (χ0) is 13.7. The standard InChI is InChI=1S/C16H23NO2/c1-13(14-9-5-3-6-10-14)17(19-2)16(18)15-11-7-4-8-12-15/h4,7-8,11-14H,3,5-6,9-10H2,1-2H3/t13-/m0/s1. The van der Waals surface area contributed by atoms with Gasteiger partial charge in [-0.05, 0) is 37.8 Å². The summed E-state index contributed by atoms with van der Waals surface area (Å²) in [7, 11) is 1.58. The lowest BCUT2D eigenvalue weighted by molar-refractivity contribution is -0.133. The number of hydrogen-bond acceptors (Lipinski definition) is 2. The molecule has 1 aromatic rings. The maximum absolute atomic E-state index is 12.5. The average Bonchev–Trinajstić information content (AvgIpc) is 2.49. The van der Waals surface area contributed by atoms with Crippen molar-refractivity contribution in [2.24, 2.45) is 5.92 Å². The third kappa shape index (κ3) is 3.35. The minimum atomic E-state index is -0.0406. The van der Waals surface area contributed by atoms with E-state index in [0.717, 1.165) is 0 Å². The molecule has 1 amide bonds. The first-order valence-corrected chi connectivity index (χ1v) is 7.16. The van der Waals surface area contributed by atoms with E-state index in [4.69, 9.17) is 4.84 Å². The van der Waals surface area contributed by atoms with E-state index in [1.165, 1.54) is 32.1 Å². The second-order valence-corrected chi connectivity index (χ2v) is 5.32. The van der Waals surface area contributed by atoms with Gasteiger partial charge >= 0.3 is 0 Å². The predicted octanol–water partition coefficient (Wildman–Crippen LogP) is 3.66. The molecule has 0 N–H and O–H groups in total. The van der Waals surface area contributed by atoms with Gasteiger partial charge in [-0.25, -0.2) is 5.06 Å². The molecule has 1 aliphatic rings. The fourth-order valence-electron chi connectivity index (χ4n) is 2.95. The molecule has 0 saturated heterocycles. The Morgan fingerprint density at radius 1 is 1.21 bits per heavy atom. The number of rotatable bonds is 4. The minimum absolute atomic E-state index is 0.0406. The van der Waals surface area contributed by atoms with Crippen molar-refractivity contribution in [1.82, 2.24) is 5.06 Å². The van der Waals surface area contributed by atoms with Crippen molar-refractivity contribution in [3.05, 3.63) is 35.9 Å². The monoisotopic (exact) mass is 261 g/mol. The smallest absolute Gasteiger partial charge is 0.274 e. The quantitative estimate of drug-likeness (QED) is 0.774. The van der Waals surface area contributed by atoms with Gasteiger partial charge in [0.15, 0.2) is 0 Å². The summed E-state index contributed by atoms with van der Waals surface area (Å²) in [6.45, 7) is 2.10. The Morgan fingerprint density at radius 2 is 1.84 bits per heavy atom. The fraction of sp³-hybridized carbons (Fsp3) is 0.562. The molecule has 3 nitrogen and oxygen atoms in total. The zero-order valence-electron chi connectivity index (χ0n) is 11.8. The van der Waals surface area contributed by atoms with Crippen molar-refractivity contribution >= 4 is 5.91 Å². The molecule has 1 saturated carbocycles. The van der Waals surface area contributed by atoms with Crippen LogP contribution in [0.4, 0.5) is 0 Å². The second kappa shape index (κ2) is 6.71. The Kier molecular flexibility index (Phi) is 4.97. The first kappa shape index (κ1) is 14.1. The van der Waals surface area contributed by atoms with E-state index < -0.39 is 0 Å². The molecular weight excluding hydrogens is 238 g/mol. The van der Waals surface area contributed by atoms with Gasteiger partial charge in [0.05, 0.1) is 13.2 Å². The lowest BCUT2D eigenvalue weighted by atomic mass is 9.84. The van der Waals surface area contributed by atoms with Crippen LogP contribution in [-0.2, 0) is 4.84 Å². The highest BCUT2D eigenvalue weighted by atomic mass is 16.7. The van der Waals surface area contributed by atoms with Gasteiger partial charge in [0.1, 0.15) is 0 Å². The zero-order valence-corrected chi connectivity index (χ0v) is 11.8. The normalized spacial score (nSPS) is 18.0. The van der Waals surface area contributed by atoms with E-state index in [1.54, 1.807) is 12.2 Å². The van der Waals surface area contributed by atoms with E-state index in [1.807, 2.05) is 30.3 Å². The fourth-order valence-corrected chi connectivity index (χ4v) is 2.95. The van der Waals surface area contributed by atoms with Crippen LogP contribution < -0.4 is 0 Å². The van der Waals surface area contributed by atoms with Gasteiger partial charge in [0.2, 0.25) is 0 Å². The summed E-state index contributed by atoms with van der Waals surface area (Å²) in [5.74, 6) is 0.516. The van der Waals surface area contributed by atoms with Crippen LogP contribution in [0.25, 0.3) is 0 Å². The highest BCUT2D eigenvalue weighted by Gasteiger charge is 2.29. The summed E-state index contributed by atoms with van der Waals surface area (Å²) < 4.78 is 0. The van der Waals surface area contributed by atoms with Crippen LogP contribution in [0.1, 0.15) is 49.4 Å². The number of nitrogens with zero attached hydrogens (tertiary/aromatic N) is 1. The van der Waals surface area contributed by atoms with Crippen molar-refractivity contribution in [2.45, 2.75) is 45.1 Å². The molecule has 0 heterocycles. The lowest BCUT2D eigenvalue weighted by Crippen LogP contribution is -2.42. The van der Waals surface area contributed by atoms with Crippen LogP contribution in [0.5, 0.6) is 0 Å². The Hall–Kier alpha value is -1.35. The minimum Gasteiger partial charge on any atom is -0.274 e. The Balaban J connectivity index is 2.08. The van der Waals surface area contributed by atoms with Crippen LogP contribution in [0.2, 0.25) is 0 Å². The molecule has 1 fully saturated rings. The number of amides is 1. The molecule has 0 bridgehead atoms.